The SMILES string of the molecule is C1=CCC/C=C\CC1.C1=CCC/C=C\CC1.FB(F)F.[CH3-].[CH3-].[CH3-].[CH3-].[F-].[Rh]. The number of rotatable bonds is 0. The zero-order valence-electron chi connectivity index (χ0n) is 16.7. The van der Waals surface area contributed by atoms with Gasteiger partial charge in [-0.2, -0.15) is 0 Å². The van der Waals surface area contributed by atoms with E-state index in [0.29, 0.717) is 0 Å². The van der Waals surface area contributed by atoms with Crippen LogP contribution in [0.5, 0.6) is 0 Å². The van der Waals surface area contributed by atoms with E-state index < -0.39 is 7.54 Å². The number of hydrogen-bond donors (Lipinski definition) is 0. The minimum atomic E-state index is -3.67. The molecule has 161 valence electrons. The first-order valence-corrected chi connectivity index (χ1v) is 7.25. The smallest absolute Gasteiger partial charge is 0.762 e. The molecule has 0 bridgehead atoms. The van der Waals surface area contributed by atoms with Crippen molar-refractivity contribution in [2.24, 2.45) is 0 Å². The van der Waals surface area contributed by atoms with Crippen molar-refractivity contribution < 1.29 is 37.1 Å². The van der Waals surface area contributed by atoms with Gasteiger partial charge in [-0.25, -0.2) is 0 Å². The maximum Gasteiger partial charge on any atom is 0.762 e. The zero-order chi connectivity index (χ0) is 14.9. The van der Waals surface area contributed by atoms with E-state index in [-0.39, 0.29) is 53.9 Å². The summed E-state index contributed by atoms with van der Waals surface area (Å²) in [5, 5.41) is 0. The maximum atomic E-state index is 9.67. The van der Waals surface area contributed by atoms with Gasteiger partial charge in [-0.05, 0) is 51.4 Å². The molecule has 0 aromatic carbocycles. The molecule has 1 radical (unpaired) electrons. The standard InChI is InChI=1S/2C8H12.4CH3.BF3.FH.Rh/c2*1-2-4-6-8-7-5-3-1;;;;;2-1(3)4;;/h2*1-2,7-8H,3-6H2;4*1H3;;1H;/q;;4*-1;;;/p-1/b2*2-1-,8-7?;;;;;;;. The second kappa shape index (κ2) is 39.4. The van der Waals surface area contributed by atoms with E-state index in [0.717, 1.165) is 0 Å². The van der Waals surface area contributed by atoms with Crippen molar-refractivity contribution in [3.8, 4) is 0 Å². The molecule has 0 aliphatic heterocycles. The Labute approximate surface area is 174 Å². The van der Waals surface area contributed by atoms with Gasteiger partial charge in [0.05, 0.1) is 0 Å². The number of halogens is 4. The third kappa shape index (κ3) is 49.5. The summed E-state index contributed by atoms with van der Waals surface area (Å²) in [6.07, 6.45) is 28.0. The molecule has 0 N–H and O–H groups in total. The molecule has 0 nitrogen and oxygen atoms in total. The largest absolute Gasteiger partial charge is 1.00 e. The molecule has 2 aliphatic rings. The molecule has 0 amide bonds. The van der Waals surface area contributed by atoms with Crippen molar-refractivity contribution in [2.45, 2.75) is 51.4 Å². The van der Waals surface area contributed by atoms with Crippen molar-refractivity contribution >= 4 is 7.54 Å². The summed E-state index contributed by atoms with van der Waals surface area (Å²) in [6.45, 7) is 0. The predicted molar refractivity (Wildman–Crippen MR) is 108 cm³/mol. The Morgan fingerprint density at radius 3 is 0.577 bits per heavy atom. The summed E-state index contributed by atoms with van der Waals surface area (Å²) < 4.78 is 29.0. The zero-order valence-corrected chi connectivity index (χ0v) is 18.3. The maximum absolute atomic E-state index is 9.67. The third-order valence-electron chi connectivity index (χ3n) is 2.67. The van der Waals surface area contributed by atoms with E-state index in [1.807, 2.05) is 0 Å². The molecular weight excluding hydrogens is 430 g/mol. The van der Waals surface area contributed by atoms with E-state index in [1.165, 1.54) is 51.4 Å². The Kier molecular flexibility index (Phi) is 67.7. The molecule has 26 heavy (non-hydrogen) atoms. The fourth-order valence-corrected chi connectivity index (χ4v) is 1.71. The van der Waals surface area contributed by atoms with Crippen LogP contribution in [0.2, 0.25) is 0 Å². The van der Waals surface area contributed by atoms with E-state index in [4.69, 9.17) is 0 Å². The van der Waals surface area contributed by atoms with E-state index in [9.17, 15) is 12.9 Å². The van der Waals surface area contributed by atoms with Crippen LogP contribution in [0.15, 0.2) is 48.6 Å². The van der Waals surface area contributed by atoms with Gasteiger partial charge in [0.25, 0.3) is 0 Å². The van der Waals surface area contributed by atoms with Crippen LogP contribution in [-0.2, 0) is 19.5 Å². The van der Waals surface area contributed by atoms with Gasteiger partial charge in [-0.1, -0.05) is 48.6 Å². The normalized spacial score (nSPS) is 15.8. The van der Waals surface area contributed by atoms with E-state index in [2.05, 4.69) is 48.6 Å². The molecule has 0 aromatic heterocycles. The van der Waals surface area contributed by atoms with Crippen LogP contribution in [0.4, 0.5) is 12.9 Å². The predicted octanol–water partition coefficient (Wildman–Crippen LogP) is 5.03. The molecule has 2 rings (SSSR count). The molecule has 0 aromatic rings. The second-order valence-electron chi connectivity index (χ2n) is 4.44. The van der Waals surface area contributed by atoms with Gasteiger partial charge in [0, 0.05) is 19.5 Å². The topological polar surface area (TPSA) is 0 Å². The van der Waals surface area contributed by atoms with Crippen LogP contribution in [-0.4, -0.2) is 7.54 Å². The molecule has 0 atom stereocenters. The van der Waals surface area contributed by atoms with E-state index >= 15 is 0 Å². The summed E-state index contributed by atoms with van der Waals surface area (Å²) in [4.78, 5) is 0. The molecule has 0 heterocycles. The Bertz CT molecular complexity index is 234. The van der Waals surface area contributed by atoms with Gasteiger partial charge in [0.2, 0.25) is 0 Å². The van der Waals surface area contributed by atoms with Crippen molar-refractivity contribution in [2.75, 3.05) is 0 Å². The van der Waals surface area contributed by atoms with Crippen LogP contribution in [0, 0.1) is 29.7 Å². The summed E-state index contributed by atoms with van der Waals surface area (Å²) in [6, 6.07) is 0. The van der Waals surface area contributed by atoms with Crippen molar-refractivity contribution in [3.63, 3.8) is 0 Å². The van der Waals surface area contributed by atoms with Gasteiger partial charge in [-0.3, -0.25) is 12.9 Å². The van der Waals surface area contributed by atoms with Gasteiger partial charge >= 0.3 is 7.54 Å². The third-order valence-corrected chi connectivity index (χ3v) is 2.67. The average molecular weight is 466 g/mol. The van der Waals surface area contributed by atoms with Gasteiger partial charge < -0.3 is 34.4 Å². The summed E-state index contributed by atoms with van der Waals surface area (Å²) in [5.41, 5.74) is 0. The van der Waals surface area contributed by atoms with Crippen molar-refractivity contribution in [3.05, 3.63) is 78.3 Å². The molecular formula is C20H36BF4Rh-5. The first kappa shape index (κ1) is 44.6. The summed E-state index contributed by atoms with van der Waals surface area (Å²) in [7, 11) is -3.67. The summed E-state index contributed by atoms with van der Waals surface area (Å²) >= 11 is 0. The Morgan fingerprint density at radius 1 is 0.423 bits per heavy atom. The van der Waals surface area contributed by atoms with Crippen LogP contribution in [0.25, 0.3) is 0 Å². The van der Waals surface area contributed by atoms with Crippen LogP contribution in [0.1, 0.15) is 51.4 Å². The second-order valence-corrected chi connectivity index (χ2v) is 4.44. The van der Waals surface area contributed by atoms with Gasteiger partial charge in [0.15, 0.2) is 0 Å². The van der Waals surface area contributed by atoms with Gasteiger partial charge in [0.1, 0.15) is 0 Å². The number of hydrogen-bond acceptors (Lipinski definition) is 0. The fraction of sp³-hybridized carbons (Fsp3) is 0.400. The molecule has 6 heteroatoms. The average Bonchev–Trinajstić information content (AvgIpc) is 2.26. The van der Waals surface area contributed by atoms with Crippen LogP contribution >= 0.6 is 0 Å². The van der Waals surface area contributed by atoms with Crippen molar-refractivity contribution in [1.82, 2.24) is 0 Å². The monoisotopic (exact) mass is 466 g/mol. The molecule has 0 saturated carbocycles. The molecule has 0 spiro atoms. The fourth-order valence-electron chi connectivity index (χ4n) is 1.71. The molecule has 0 unspecified atom stereocenters. The van der Waals surface area contributed by atoms with Gasteiger partial charge in [-0.15, -0.1) is 0 Å². The Hall–Kier alpha value is -0.632. The number of allylic oxidation sites excluding steroid dienone is 8. The Morgan fingerprint density at radius 2 is 0.500 bits per heavy atom. The molecule has 0 saturated heterocycles. The van der Waals surface area contributed by atoms with Crippen molar-refractivity contribution in [1.29, 1.82) is 0 Å². The first-order valence-electron chi connectivity index (χ1n) is 7.25. The quantitative estimate of drug-likeness (QED) is 0.204. The molecule has 0 fully saturated rings. The molecule has 2 aliphatic carbocycles. The first-order chi connectivity index (χ1) is 9.73. The summed E-state index contributed by atoms with van der Waals surface area (Å²) in [5.74, 6) is 0. The van der Waals surface area contributed by atoms with E-state index in [1.54, 1.807) is 0 Å². The van der Waals surface area contributed by atoms with Crippen LogP contribution in [0.3, 0.4) is 0 Å². The van der Waals surface area contributed by atoms with Crippen LogP contribution < -0.4 is 4.70 Å². The minimum Gasteiger partial charge on any atom is -1.00 e. The minimum absolute atomic E-state index is 0. The Balaban J connectivity index is -0.0000000390.